The highest BCUT2D eigenvalue weighted by Gasteiger charge is 2.36. The van der Waals surface area contributed by atoms with Crippen molar-refractivity contribution in [2.75, 3.05) is 18.0 Å². The second-order valence-electron chi connectivity index (χ2n) is 7.52. The van der Waals surface area contributed by atoms with Gasteiger partial charge in [-0.2, -0.15) is 0 Å². The van der Waals surface area contributed by atoms with E-state index < -0.39 is 0 Å². The maximum atomic E-state index is 3.59. The molecule has 0 unspecified atom stereocenters. The predicted octanol–water partition coefficient (Wildman–Crippen LogP) is 4.10. The van der Waals surface area contributed by atoms with Crippen LogP contribution in [0.5, 0.6) is 0 Å². The van der Waals surface area contributed by atoms with E-state index >= 15 is 0 Å². The summed E-state index contributed by atoms with van der Waals surface area (Å²) in [5, 5.41) is 3.59. The summed E-state index contributed by atoms with van der Waals surface area (Å²) in [7, 11) is 0. The Hall–Kier alpha value is -1.02. The predicted molar refractivity (Wildman–Crippen MR) is 88.7 cm³/mol. The molecule has 3 aliphatic rings. The fourth-order valence-corrected chi connectivity index (χ4v) is 4.24. The van der Waals surface area contributed by atoms with Crippen molar-refractivity contribution in [3.05, 3.63) is 29.8 Å². The second kappa shape index (κ2) is 5.64. The molecule has 4 rings (SSSR count). The quantitative estimate of drug-likeness (QED) is 0.895. The zero-order valence-electron chi connectivity index (χ0n) is 13.1. The number of hydrogen-bond donors (Lipinski definition) is 1. The Kier molecular flexibility index (Phi) is 3.66. The first kappa shape index (κ1) is 13.6. The molecule has 2 saturated carbocycles. The van der Waals surface area contributed by atoms with Gasteiger partial charge in [0, 0.05) is 31.4 Å². The van der Waals surface area contributed by atoms with Gasteiger partial charge in [-0.05, 0) is 61.6 Å². The largest absolute Gasteiger partial charge is 0.371 e. The van der Waals surface area contributed by atoms with Gasteiger partial charge in [-0.3, -0.25) is 0 Å². The summed E-state index contributed by atoms with van der Waals surface area (Å²) in [5.41, 5.74) is 3.58. The molecule has 114 valence electrons. The van der Waals surface area contributed by atoms with E-state index in [1.165, 1.54) is 75.7 Å². The lowest BCUT2D eigenvalue weighted by Gasteiger charge is -2.40. The Bertz CT molecular complexity index is 459. The third kappa shape index (κ3) is 3.11. The maximum absolute atomic E-state index is 3.59. The molecule has 1 heterocycles. The van der Waals surface area contributed by atoms with Crippen LogP contribution in [0.1, 0.15) is 56.9 Å². The van der Waals surface area contributed by atoms with Crippen LogP contribution < -0.4 is 10.2 Å². The maximum Gasteiger partial charge on any atom is 0.0366 e. The van der Waals surface area contributed by atoms with E-state index in [1.807, 2.05) is 0 Å². The van der Waals surface area contributed by atoms with E-state index in [4.69, 9.17) is 0 Å². The SMILES string of the molecule is c1cc(N2CCC3(CCCC3)CC2)ccc1CNC1CC1. The second-order valence-corrected chi connectivity index (χ2v) is 7.52. The van der Waals surface area contributed by atoms with E-state index in [0.29, 0.717) is 0 Å². The summed E-state index contributed by atoms with van der Waals surface area (Å²) < 4.78 is 0. The van der Waals surface area contributed by atoms with Crippen LogP contribution in [-0.4, -0.2) is 19.1 Å². The van der Waals surface area contributed by atoms with Gasteiger partial charge in [0.2, 0.25) is 0 Å². The first-order valence-corrected chi connectivity index (χ1v) is 8.90. The molecule has 1 aliphatic heterocycles. The standard InChI is InChI=1S/C19H28N2/c1-2-10-19(9-1)11-13-21(14-12-19)18-7-3-16(4-8-18)15-20-17-5-6-17/h3-4,7-8,17,20H,1-2,5-6,9-15H2. The molecule has 0 radical (unpaired) electrons. The normalized spacial score (nSPS) is 24.7. The summed E-state index contributed by atoms with van der Waals surface area (Å²) in [5.74, 6) is 0. The van der Waals surface area contributed by atoms with Gasteiger partial charge in [-0.1, -0.05) is 25.0 Å². The van der Waals surface area contributed by atoms with Gasteiger partial charge in [0.15, 0.2) is 0 Å². The van der Waals surface area contributed by atoms with Gasteiger partial charge in [0.25, 0.3) is 0 Å². The van der Waals surface area contributed by atoms with Crippen molar-refractivity contribution >= 4 is 5.69 Å². The highest BCUT2D eigenvalue weighted by Crippen LogP contribution is 2.46. The third-order valence-electron chi connectivity index (χ3n) is 5.96. The molecule has 1 aromatic carbocycles. The Labute approximate surface area is 128 Å². The van der Waals surface area contributed by atoms with Crippen LogP contribution in [-0.2, 0) is 6.54 Å². The van der Waals surface area contributed by atoms with Crippen molar-refractivity contribution in [1.29, 1.82) is 0 Å². The molecule has 1 saturated heterocycles. The van der Waals surface area contributed by atoms with Crippen LogP contribution in [0.4, 0.5) is 5.69 Å². The molecule has 2 nitrogen and oxygen atoms in total. The Morgan fingerprint density at radius 2 is 1.62 bits per heavy atom. The Morgan fingerprint density at radius 3 is 2.24 bits per heavy atom. The first-order chi connectivity index (χ1) is 10.3. The number of nitrogens with zero attached hydrogens (tertiary/aromatic N) is 1. The molecule has 1 aromatic rings. The molecule has 1 N–H and O–H groups in total. The van der Waals surface area contributed by atoms with Gasteiger partial charge < -0.3 is 10.2 Å². The molecule has 3 fully saturated rings. The number of benzene rings is 1. The molecule has 0 amide bonds. The Morgan fingerprint density at radius 1 is 0.952 bits per heavy atom. The lowest BCUT2D eigenvalue weighted by atomic mass is 9.77. The molecule has 0 aromatic heterocycles. The van der Waals surface area contributed by atoms with Crippen LogP contribution in [0.25, 0.3) is 0 Å². The molecule has 0 atom stereocenters. The first-order valence-electron chi connectivity index (χ1n) is 8.90. The molecule has 2 heteroatoms. The van der Waals surface area contributed by atoms with Crippen molar-refractivity contribution in [3.63, 3.8) is 0 Å². The number of hydrogen-bond acceptors (Lipinski definition) is 2. The van der Waals surface area contributed by atoms with Crippen molar-refractivity contribution in [1.82, 2.24) is 5.32 Å². The monoisotopic (exact) mass is 284 g/mol. The van der Waals surface area contributed by atoms with E-state index in [9.17, 15) is 0 Å². The summed E-state index contributed by atoms with van der Waals surface area (Å²) >= 11 is 0. The van der Waals surface area contributed by atoms with Gasteiger partial charge in [0.05, 0.1) is 0 Å². The van der Waals surface area contributed by atoms with Gasteiger partial charge in [-0.25, -0.2) is 0 Å². The molecule has 1 spiro atoms. The number of anilines is 1. The minimum Gasteiger partial charge on any atom is -0.371 e. The number of rotatable bonds is 4. The lowest BCUT2D eigenvalue weighted by Crippen LogP contribution is -2.38. The Balaban J connectivity index is 1.33. The van der Waals surface area contributed by atoms with Crippen LogP contribution in [0, 0.1) is 5.41 Å². The fourth-order valence-electron chi connectivity index (χ4n) is 4.24. The lowest BCUT2D eigenvalue weighted by molar-refractivity contribution is 0.226. The average Bonchev–Trinajstić information content (AvgIpc) is 3.26. The minimum atomic E-state index is 0.727. The van der Waals surface area contributed by atoms with Gasteiger partial charge >= 0.3 is 0 Å². The summed E-state index contributed by atoms with van der Waals surface area (Å²) in [6.07, 6.45) is 11.5. The van der Waals surface area contributed by atoms with Crippen molar-refractivity contribution in [2.45, 2.75) is 64.0 Å². The minimum absolute atomic E-state index is 0.727. The van der Waals surface area contributed by atoms with Crippen LogP contribution in [0.15, 0.2) is 24.3 Å². The fraction of sp³-hybridized carbons (Fsp3) is 0.684. The molecule has 0 bridgehead atoms. The zero-order chi connectivity index (χ0) is 14.1. The smallest absolute Gasteiger partial charge is 0.0366 e. The summed E-state index contributed by atoms with van der Waals surface area (Å²) in [6, 6.07) is 10.1. The van der Waals surface area contributed by atoms with E-state index in [0.717, 1.165) is 18.0 Å². The van der Waals surface area contributed by atoms with Gasteiger partial charge in [-0.15, -0.1) is 0 Å². The van der Waals surface area contributed by atoms with Crippen LogP contribution in [0.3, 0.4) is 0 Å². The van der Waals surface area contributed by atoms with Crippen LogP contribution >= 0.6 is 0 Å². The third-order valence-corrected chi connectivity index (χ3v) is 5.96. The van der Waals surface area contributed by atoms with Gasteiger partial charge in [0.1, 0.15) is 0 Å². The van der Waals surface area contributed by atoms with Crippen LogP contribution in [0.2, 0.25) is 0 Å². The zero-order valence-corrected chi connectivity index (χ0v) is 13.1. The summed E-state index contributed by atoms with van der Waals surface area (Å²) in [4.78, 5) is 2.60. The van der Waals surface area contributed by atoms with Crippen molar-refractivity contribution < 1.29 is 0 Å². The van der Waals surface area contributed by atoms with E-state index in [2.05, 4.69) is 34.5 Å². The highest BCUT2D eigenvalue weighted by atomic mass is 15.1. The molecular weight excluding hydrogens is 256 g/mol. The molecular formula is C19H28N2. The average molecular weight is 284 g/mol. The van der Waals surface area contributed by atoms with E-state index in [1.54, 1.807) is 0 Å². The number of piperidine rings is 1. The van der Waals surface area contributed by atoms with Crippen molar-refractivity contribution in [3.8, 4) is 0 Å². The number of nitrogens with one attached hydrogen (secondary N) is 1. The topological polar surface area (TPSA) is 15.3 Å². The highest BCUT2D eigenvalue weighted by molar-refractivity contribution is 5.48. The summed E-state index contributed by atoms with van der Waals surface area (Å²) in [6.45, 7) is 3.56. The van der Waals surface area contributed by atoms with Crippen molar-refractivity contribution in [2.24, 2.45) is 5.41 Å². The van der Waals surface area contributed by atoms with E-state index in [-0.39, 0.29) is 0 Å². The molecule has 2 aliphatic carbocycles. The molecule has 21 heavy (non-hydrogen) atoms.